The van der Waals surface area contributed by atoms with Crippen molar-refractivity contribution in [2.24, 2.45) is 0 Å². The minimum Gasteiger partial charge on any atom is -0.495 e. The van der Waals surface area contributed by atoms with Gasteiger partial charge in [0.1, 0.15) is 28.8 Å². The van der Waals surface area contributed by atoms with Gasteiger partial charge >= 0.3 is 0 Å². The van der Waals surface area contributed by atoms with Crippen LogP contribution in [0.15, 0.2) is 24.3 Å². The Morgan fingerprint density at radius 1 is 1.27 bits per heavy atom. The molecule has 0 bridgehead atoms. The number of carbonyl (C=O) groups excluding carboxylic acids is 1. The van der Waals surface area contributed by atoms with Crippen LogP contribution in [0.5, 0.6) is 5.75 Å². The second-order valence-electron chi connectivity index (χ2n) is 5.85. The number of benzene rings is 1. The van der Waals surface area contributed by atoms with Crippen LogP contribution in [0.25, 0.3) is 0 Å². The molecule has 2 aromatic rings. The van der Waals surface area contributed by atoms with Gasteiger partial charge in [-0.05, 0) is 25.0 Å². The summed E-state index contributed by atoms with van der Waals surface area (Å²) in [4.78, 5) is 12.1. The van der Waals surface area contributed by atoms with E-state index < -0.39 is 38.9 Å². The maximum atomic E-state index is 13.6. The van der Waals surface area contributed by atoms with Gasteiger partial charge in [-0.15, -0.1) is 5.10 Å². The van der Waals surface area contributed by atoms with Crippen molar-refractivity contribution in [1.29, 1.82) is 0 Å². The zero-order valence-corrected chi connectivity index (χ0v) is 14.5. The van der Waals surface area contributed by atoms with Gasteiger partial charge in [-0.1, -0.05) is 6.07 Å². The topological polar surface area (TPSA) is 98.2 Å². The van der Waals surface area contributed by atoms with E-state index in [-0.39, 0.29) is 11.6 Å². The molecule has 0 saturated heterocycles. The first kappa shape index (κ1) is 18.2. The first-order valence-electron chi connectivity index (χ1n) is 7.70. The number of hydrogen-bond donors (Lipinski definition) is 1. The van der Waals surface area contributed by atoms with E-state index in [1.54, 1.807) is 4.72 Å². The number of carbonyl (C=O) groups is 1. The van der Waals surface area contributed by atoms with Crippen LogP contribution in [0, 0.1) is 11.6 Å². The average molecular weight is 383 g/mol. The molecule has 0 unspecified atom stereocenters. The molecule has 3 rings (SSSR count). The summed E-state index contributed by atoms with van der Waals surface area (Å²) in [6.07, 6.45) is 1.89. The SMILES string of the molecule is COc1cc(C(=O)NS(=O)(=O)Cc2c(F)cccc2F)nnc1C1CC1. The maximum absolute atomic E-state index is 13.6. The molecule has 1 fully saturated rings. The van der Waals surface area contributed by atoms with Crippen LogP contribution in [-0.2, 0) is 15.8 Å². The summed E-state index contributed by atoms with van der Waals surface area (Å²) in [6, 6.07) is 4.27. The van der Waals surface area contributed by atoms with Crippen molar-refractivity contribution in [3.8, 4) is 5.75 Å². The van der Waals surface area contributed by atoms with Gasteiger partial charge in [0.15, 0.2) is 5.69 Å². The molecule has 1 saturated carbocycles. The van der Waals surface area contributed by atoms with E-state index in [4.69, 9.17) is 4.74 Å². The van der Waals surface area contributed by atoms with Crippen molar-refractivity contribution in [2.45, 2.75) is 24.5 Å². The Labute approximate surface area is 148 Å². The number of halogens is 2. The Morgan fingerprint density at radius 2 is 1.92 bits per heavy atom. The Balaban J connectivity index is 1.78. The van der Waals surface area contributed by atoms with Crippen LogP contribution < -0.4 is 9.46 Å². The molecule has 0 radical (unpaired) electrons. The monoisotopic (exact) mass is 383 g/mol. The number of methoxy groups -OCH3 is 1. The molecule has 1 aliphatic rings. The molecule has 1 aromatic carbocycles. The van der Waals surface area contributed by atoms with Gasteiger partial charge in [-0.3, -0.25) is 4.79 Å². The van der Waals surface area contributed by atoms with Gasteiger partial charge in [0, 0.05) is 17.5 Å². The Hall–Kier alpha value is -2.62. The molecule has 1 aliphatic carbocycles. The molecule has 138 valence electrons. The van der Waals surface area contributed by atoms with Gasteiger partial charge in [0.25, 0.3) is 5.91 Å². The number of ether oxygens (including phenoxy) is 1. The van der Waals surface area contributed by atoms with Gasteiger partial charge in [0.05, 0.1) is 7.11 Å². The first-order valence-corrected chi connectivity index (χ1v) is 9.35. The molecule has 1 N–H and O–H groups in total. The summed E-state index contributed by atoms with van der Waals surface area (Å²) in [7, 11) is -2.94. The Morgan fingerprint density at radius 3 is 2.50 bits per heavy atom. The van der Waals surface area contributed by atoms with Crippen LogP contribution in [0.4, 0.5) is 8.78 Å². The second kappa shape index (κ2) is 6.94. The van der Waals surface area contributed by atoms with Gasteiger partial charge in [-0.25, -0.2) is 21.9 Å². The minimum absolute atomic E-state index is 0.224. The lowest BCUT2D eigenvalue weighted by Crippen LogP contribution is -2.33. The summed E-state index contributed by atoms with van der Waals surface area (Å²) in [6.45, 7) is 0. The number of rotatable bonds is 6. The highest BCUT2D eigenvalue weighted by molar-refractivity contribution is 7.89. The molecule has 26 heavy (non-hydrogen) atoms. The Kier molecular flexibility index (Phi) is 4.86. The predicted octanol–water partition coefficient (Wildman–Crippen LogP) is 1.90. The van der Waals surface area contributed by atoms with E-state index in [2.05, 4.69) is 10.2 Å². The Bertz CT molecular complexity index is 942. The molecule has 7 nitrogen and oxygen atoms in total. The van der Waals surface area contributed by atoms with Crippen molar-refractivity contribution in [2.75, 3.05) is 7.11 Å². The number of hydrogen-bond acceptors (Lipinski definition) is 6. The quantitative estimate of drug-likeness (QED) is 0.818. The highest BCUT2D eigenvalue weighted by Gasteiger charge is 2.30. The van der Waals surface area contributed by atoms with Crippen molar-refractivity contribution < 1.29 is 26.7 Å². The summed E-state index contributed by atoms with van der Waals surface area (Å²) in [5.74, 6) is -3.55. The second-order valence-corrected chi connectivity index (χ2v) is 7.57. The summed E-state index contributed by atoms with van der Waals surface area (Å²) >= 11 is 0. The number of aromatic nitrogens is 2. The fourth-order valence-electron chi connectivity index (χ4n) is 2.39. The first-order chi connectivity index (χ1) is 12.3. The molecule has 0 atom stereocenters. The van der Waals surface area contributed by atoms with Crippen molar-refractivity contribution in [1.82, 2.24) is 14.9 Å². The van der Waals surface area contributed by atoms with Crippen LogP contribution >= 0.6 is 0 Å². The smallest absolute Gasteiger partial charge is 0.285 e. The lowest BCUT2D eigenvalue weighted by molar-refractivity contribution is 0.0975. The normalized spacial score (nSPS) is 14.1. The highest BCUT2D eigenvalue weighted by Crippen LogP contribution is 2.42. The molecular weight excluding hydrogens is 368 g/mol. The van der Waals surface area contributed by atoms with Crippen LogP contribution in [0.3, 0.4) is 0 Å². The zero-order chi connectivity index (χ0) is 18.9. The van der Waals surface area contributed by atoms with Crippen LogP contribution in [-0.4, -0.2) is 31.6 Å². The predicted molar refractivity (Wildman–Crippen MR) is 87.0 cm³/mol. The molecule has 1 aromatic heterocycles. The molecule has 1 heterocycles. The fraction of sp³-hybridized carbons (Fsp3) is 0.312. The van der Waals surface area contributed by atoms with Gasteiger partial charge < -0.3 is 4.74 Å². The minimum atomic E-state index is -4.35. The highest BCUT2D eigenvalue weighted by atomic mass is 32.2. The third-order valence-electron chi connectivity index (χ3n) is 3.85. The molecule has 1 amide bonds. The third-order valence-corrected chi connectivity index (χ3v) is 5.01. The lowest BCUT2D eigenvalue weighted by Gasteiger charge is -2.10. The molecule has 0 aliphatic heterocycles. The fourth-order valence-corrected chi connectivity index (χ4v) is 3.50. The average Bonchev–Trinajstić information content (AvgIpc) is 3.42. The van der Waals surface area contributed by atoms with Crippen molar-refractivity contribution >= 4 is 15.9 Å². The number of sulfonamides is 1. The third kappa shape index (κ3) is 3.96. The lowest BCUT2D eigenvalue weighted by atomic mass is 10.2. The van der Waals surface area contributed by atoms with E-state index in [0.717, 1.165) is 31.0 Å². The molecular formula is C16H15F2N3O4S. The molecule has 10 heteroatoms. The van der Waals surface area contributed by atoms with Gasteiger partial charge in [-0.2, -0.15) is 5.10 Å². The maximum Gasteiger partial charge on any atom is 0.285 e. The van der Waals surface area contributed by atoms with Crippen LogP contribution in [0.2, 0.25) is 0 Å². The van der Waals surface area contributed by atoms with E-state index in [1.807, 2.05) is 0 Å². The largest absolute Gasteiger partial charge is 0.495 e. The van der Waals surface area contributed by atoms with Crippen LogP contribution in [0.1, 0.15) is 40.5 Å². The molecule has 0 spiro atoms. The van der Waals surface area contributed by atoms with E-state index in [0.29, 0.717) is 11.4 Å². The van der Waals surface area contributed by atoms with E-state index >= 15 is 0 Å². The van der Waals surface area contributed by atoms with E-state index in [1.165, 1.54) is 13.2 Å². The van der Waals surface area contributed by atoms with Crippen molar-refractivity contribution in [3.63, 3.8) is 0 Å². The standard InChI is InChI=1S/C16H15F2N3O4S/c1-25-14-7-13(19-20-15(14)9-5-6-9)16(22)21-26(23,24)8-10-11(17)3-2-4-12(10)18/h2-4,7,9H,5-6,8H2,1H3,(H,21,22). The number of nitrogens with one attached hydrogen (secondary N) is 1. The summed E-state index contributed by atoms with van der Waals surface area (Å²) in [5, 5.41) is 7.64. The number of amides is 1. The summed E-state index contributed by atoms with van der Waals surface area (Å²) in [5.41, 5.74) is -0.315. The number of nitrogens with zero attached hydrogens (tertiary/aromatic N) is 2. The van der Waals surface area contributed by atoms with Crippen molar-refractivity contribution in [3.05, 3.63) is 52.9 Å². The zero-order valence-electron chi connectivity index (χ0n) is 13.7. The summed E-state index contributed by atoms with van der Waals surface area (Å²) < 4.78 is 58.3. The van der Waals surface area contributed by atoms with Gasteiger partial charge in [0.2, 0.25) is 10.0 Å². The van der Waals surface area contributed by atoms with E-state index in [9.17, 15) is 22.0 Å².